The number of nitrogens with one attached hydrogen (secondary N) is 1. The first-order valence-electron chi connectivity index (χ1n) is 12.8. The lowest BCUT2D eigenvalue weighted by atomic mass is 10.2. The molecule has 2 bridgehead atoms. The fourth-order valence-electron chi connectivity index (χ4n) is 3.34. The Morgan fingerprint density at radius 2 is 1.62 bits per heavy atom. The highest BCUT2D eigenvalue weighted by atomic mass is 32.2. The summed E-state index contributed by atoms with van der Waals surface area (Å²) in [5.74, 6) is -0.224. The Labute approximate surface area is 237 Å². The Kier molecular flexibility index (Phi) is 16.9. The van der Waals surface area contributed by atoms with Crippen molar-refractivity contribution in [1.82, 2.24) is 5.32 Å². The number of rotatable bonds is 6. The lowest BCUT2D eigenvalue weighted by Gasteiger charge is -2.17. The zero-order valence-electron chi connectivity index (χ0n) is 22.9. The van der Waals surface area contributed by atoms with Gasteiger partial charge in [0.25, 0.3) is 5.69 Å². The third kappa shape index (κ3) is 13.1. The van der Waals surface area contributed by atoms with Gasteiger partial charge in [-0.25, -0.2) is 4.79 Å². The van der Waals surface area contributed by atoms with Crippen LogP contribution in [0.1, 0.15) is 12.0 Å². The number of methoxy groups -OCH3 is 2. The Balaban J connectivity index is 2.18. The van der Waals surface area contributed by atoms with Gasteiger partial charge in [0.1, 0.15) is 19.3 Å². The monoisotopic (exact) mass is 590 g/mol. The molecule has 1 aromatic rings. The van der Waals surface area contributed by atoms with E-state index in [1.54, 1.807) is 0 Å². The Morgan fingerprint density at radius 3 is 2.23 bits per heavy atom. The van der Waals surface area contributed by atoms with Crippen LogP contribution >= 0.6 is 11.8 Å². The first-order chi connectivity index (χ1) is 19.5. The topological polar surface area (TPSA) is 163 Å². The summed E-state index contributed by atoms with van der Waals surface area (Å²) in [5.41, 5.74) is 0.193. The van der Waals surface area contributed by atoms with Gasteiger partial charge in [-0.05, 0) is 6.07 Å². The lowest BCUT2D eigenvalue weighted by Crippen LogP contribution is -2.43. The van der Waals surface area contributed by atoms with Gasteiger partial charge in [0.2, 0.25) is 5.91 Å². The second kappa shape index (κ2) is 20.2. The maximum absolute atomic E-state index is 12.4. The van der Waals surface area contributed by atoms with Crippen molar-refractivity contribution in [1.29, 1.82) is 0 Å². The van der Waals surface area contributed by atoms with E-state index in [9.17, 15) is 19.7 Å². The first kappa shape index (κ1) is 33.5. The number of thioether (sulfide) groups is 1. The molecule has 226 valence electrons. The average molecular weight is 591 g/mol. The van der Waals surface area contributed by atoms with Crippen molar-refractivity contribution in [2.45, 2.75) is 18.2 Å². The minimum absolute atomic E-state index is 0.0381. The molecule has 2 aliphatic rings. The molecular formula is C25H38N2O12S. The smallest absolute Gasteiger partial charge is 0.329 e. The standard InChI is InChI=1S/C25H38N2O12S/c1-32-5-13-38-22-15-19-17-40-18-20(25(29)33-2)26-24(28)3-4-34-6-7-35-8-9-36-10-11-37-12-14-39-23(22)16-21(19)27(30)31/h15-16,20H,3-14,17-18H2,1-2H3,(H,26,28). The van der Waals surface area contributed by atoms with Crippen molar-refractivity contribution in [2.24, 2.45) is 0 Å². The van der Waals surface area contributed by atoms with Crippen LogP contribution in [0, 0.1) is 10.1 Å². The summed E-state index contributed by atoms with van der Waals surface area (Å²) in [6.07, 6.45) is 0.0381. The van der Waals surface area contributed by atoms with Gasteiger partial charge in [-0.2, -0.15) is 11.8 Å². The van der Waals surface area contributed by atoms with Crippen molar-refractivity contribution in [3.8, 4) is 11.5 Å². The number of amides is 1. The summed E-state index contributed by atoms with van der Waals surface area (Å²) in [5, 5.41) is 14.5. The van der Waals surface area contributed by atoms with Gasteiger partial charge in [0.05, 0.1) is 77.6 Å². The minimum Gasteiger partial charge on any atom is -0.487 e. The largest absolute Gasteiger partial charge is 0.487 e. The van der Waals surface area contributed by atoms with Crippen LogP contribution in [0.25, 0.3) is 0 Å². The molecule has 1 aromatic carbocycles. The van der Waals surface area contributed by atoms with Gasteiger partial charge < -0.3 is 43.2 Å². The molecule has 0 saturated carbocycles. The number of carbonyl (C=O) groups excluding carboxylic acids is 2. The third-order valence-electron chi connectivity index (χ3n) is 5.32. The zero-order valence-corrected chi connectivity index (χ0v) is 23.7. The molecule has 14 nitrogen and oxygen atoms in total. The molecule has 0 spiro atoms. The molecule has 0 aliphatic carbocycles. The number of nitro benzene ring substituents is 1. The predicted molar refractivity (Wildman–Crippen MR) is 144 cm³/mol. The molecule has 2 aliphatic heterocycles. The predicted octanol–water partition coefficient (Wildman–Crippen LogP) is 1.36. The normalized spacial score (nSPS) is 19.4. The fourth-order valence-corrected chi connectivity index (χ4v) is 4.36. The number of benzene rings is 1. The number of hydrogen-bond acceptors (Lipinski definition) is 13. The number of fused-ring (bicyclic) bond motifs is 22. The summed E-state index contributed by atoms with van der Waals surface area (Å²) in [7, 11) is 2.75. The molecule has 3 rings (SSSR count). The summed E-state index contributed by atoms with van der Waals surface area (Å²) < 4.78 is 43.1. The van der Waals surface area contributed by atoms with E-state index in [-0.39, 0.29) is 61.7 Å². The van der Waals surface area contributed by atoms with E-state index in [2.05, 4.69) is 5.32 Å². The molecule has 0 aromatic heterocycles. The van der Waals surface area contributed by atoms with Crippen molar-refractivity contribution in [3.63, 3.8) is 0 Å². The van der Waals surface area contributed by atoms with E-state index in [1.165, 1.54) is 38.1 Å². The molecular weight excluding hydrogens is 552 g/mol. The molecule has 1 atom stereocenters. The Bertz CT molecular complexity index is 920. The van der Waals surface area contributed by atoms with Crippen LogP contribution in [0.4, 0.5) is 5.69 Å². The molecule has 40 heavy (non-hydrogen) atoms. The second-order valence-corrected chi connectivity index (χ2v) is 9.26. The third-order valence-corrected chi connectivity index (χ3v) is 6.41. The fraction of sp³-hybridized carbons (Fsp3) is 0.680. The number of nitrogens with zero attached hydrogens (tertiary/aromatic N) is 1. The first-order valence-corrected chi connectivity index (χ1v) is 13.9. The number of ether oxygens (including phenoxy) is 8. The van der Waals surface area contributed by atoms with Crippen LogP contribution in [0.15, 0.2) is 12.1 Å². The van der Waals surface area contributed by atoms with Crippen molar-refractivity contribution in [3.05, 3.63) is 27.8 Å². The van der Waals surface area contributed by atoms with Gasteiger partial charge in [0, 0.05) is 30.6 Å². The summed E-state index contributed by atoms with van der Waals surface area (Å²) in [6.45, 7) is 3.16. The number of hydrogen-bond donors (Lipinski definition) is 1. The van der Waals surface area contributed by atoms with E-state index in [0.29, 0.717) is 57.6 Å². The molecule has 2 heterocycles. The summed E-state index contributed by atoms with van der Waals surface area (Å²) in [6, 6.07) is 1.90. The van der Waals surface area contributed by atoms with Gasteiger partial charge >= 0.3 is 5.97 Å². The van der Waals surface area contributed by atoms with Crippen molar-refractivity contribution >= 4 is 29.3 Å². The Morgan fingerprint density at radius 1 is 1.00 bits per heavy atom. The highest BCUT2D eigenvalue weighted by molar-refractivity contribution is 7.98. The van der Waals surface area contributed by atoms with Crippen LogP contribution in [-0.4, -0.2) is 115 Å². The molecule has 0 fully saturated rings. The Hall–Kier alpha value is -2.69. The number of nitro groups is 1. The van der Waals surface area contributed by atoms with Crippen LogP contribution in [0.5, 0.6) is 11.5 Å². The molecule has 0 radical (unpaired) electrons. The average Bonchev–Trinajstić information content (AvgIpc) is 2.94. The van der Waals surface area contributed by atoms with Crippen LogP contribution in [-0.2, 0) is 43.8 Å². The van der Waals surface area contributed by atoms with Crippen molar-refractivity contribution < 1.29 is 52.4 Å². The maximum atomic E-state index is 12.4. The summed E-state index contributed by atoms with van der Waals surface area (Å²) in [4.78, 5) is 36.0. The van der Waals surface area contributed by atoms with Gasteiger partial charge in [0.15, 0.2) is 11.5 Å². The molecule has 15 heteroatoms. The summed E-state index contributed by atoms with van der Waals surface area (Å²) >= 11 is 1.22. The molecule has 1 unspecified atom stereocenters. The minimum atomic E-state index is -0.945. The van der Waals surface area contributed by atoms with Crippen molar-refractivity contribution in [2.75, 3.05) is 92.6 Å². The van der Waals surface area contributed by atoms with Crippen LogP contribution < -0.4 is 14.8 Å². The zero-order chi connectivity index (χ0) is 29.0. The molecule has 0 saturated heterocycles. The van der Waals surface area contributed by atoms with E-state index >= 15 is 0 Å². The van der Waals surface area contributed by atoms with E-state index < -0.39 is 16.9 Å². The highest BCUT2D eigenvalue weighted by Gasteiger charge is 2.24. The van der Waals surface area contributed by atoms with Crippen LogP contribution in [0.3, 0.4) is 0 Å². The van der Waals surface area contributed by atoms with E-state index in [4.69, 9.17) is 37.9 Å². The maximum Gasteiger partial charge on any atom is 0.329 e. The number of esters is 1. The lowest BCUT2D eigenvalue weighted by molar-refractivity contribution is -0.385. The van der Waals surface area contributed by atoms with Crippen LogP contribution in [0.2, 0.25) is 0 Å². The van der Waals surface area contributed by atoms with Gasteiger partial charge in [-0.3, -0.25) is 14.9 Å². The van der Waals surface area contributed by atoms with E-state index in [0.717, 1.165) is 0 Å². The highest BCUT2D eigenvalue weighted by Crippen LogP contribution is 2.36. The van der Waals surface area contributed by atoms with E-state index in [1.807, 2.05) is 0 Å². The number of carbonyl (C=O) groups is 2. The SMILES string of the molecule is COCCOc1cc2c([N+](=O)[O-])cc1OCCOCCOCCOCCOCCC(=O)NC(C(=O)OC)CSC2. The van der Waals surface area contributed by atoms with Gasteiger partial charge in [-0.1, -0.05) is 0 Å². The quantitative estimate of drug-likeness (QED) is 0.166. The van der Waals surface area contributed by atoms with Gasteiger partial charge in [-0.15, -0.1) is 0 Å². The molecule has 1 amide bonds. The second-order valence-electron chi connectivity index (χ2n) is 8.23. The molecule has 1 N–H and O–H groups in total.